The first-order chi connectivity index (χ1) is 15.2. The van der Waals surface area contributed by atoms with E-state index in [4.69, 9.17) is 14.2 Å². The van der Waals surface area contributed by atoms with Gasteiger partial charge in [0.05, 0.1) is 38.1 Å². The van der Waals surface area contributed by atoms with Crippen LogP contribution in [0, 0.1) is 0 Å². The summed E-state index contributed by atoms with van der Waals surface area (Å²) in [4.78, 5) is 5.08. The fraction of sp³-hybridized carbons (Fsp3) is 0.462. The van der Waals surface area contributed by atoms with Crippen LogP contribution in [0.5, 0.6) is 11.5 Å². The molecule has 2 aliphatic rings. The summed E-state index contributed by atoms with van der Waals surface area (Å²) in [6, 6.07) is 17.1. The Morgan fingerprint density at radius 2 is 1.97 bits per heavy atom. The third kappa shape index (κ3) is 5.23. The number of ether oxygens (including phenoxy) is 3. The highest BCUT2D eigenvalue weighted by molar-refractivity contribution is 5.62. The third-order valence-electron chi connectivity index (χ3n) is 6.15. The molecule has 166 valence electrons. The normalized spacial score (nSPS) is 19.5. The van der Waals surface area contributed by atoms with E-state index >= 15 is 0 Å². The second kappa shape index (κ2) is 10.2. The van der Waals surface area contributed by atoms with Crippen LogP contribution in [0.3, 0.4) is 0 Å². The smallest absolute Gasteiger partial charge is 0.142 e. The lowest BCUT2D eigenvalue weighted by Gasteiger charge is -2.42. The fourth-order valence-electron chi connectivity index (χ4n) is 4.57. The average Bonchev–Trinajstić information content (AvgIpc) is 3.33. The van der Waals surface area contributed by atoms with Gasteiger partial charge in [-0.3, -0.25) is 4.90 Å². The summed E-state index contributed by atoms with van der Waals surface area (Å²) < 4.78 is 17.7. The van der Waals surface area contributed by atoms with Crippen molar-refractivity contribution in [1.82, 2.24) is 4.90 Å². The standard InChI is InChI=1S/C26H34N2O3/c1-20(2)17-30-18-22(27-13-6-7-14-27)16-28-24-11-4-5-12-26(24)31-19-25(28)21-9-8-10-23(15-21)29-3/h4-5,8-12,15,22,25H,1,6-7,13-14,16-19H2,2-3H3. The molecule has 0 N–H and O–H groups in total. The lowest BCUT2D eigenvalue weighted by atomic mass is 10.0. The van der Waals surface area contributed by atoms with E-state index in [0.717, 1.165) is 42.4 Å². The van der Waals surface area contributed by atoms with Crippen molar-refractivity contribution in [3.63, 3.8) is 0 Å². The minimum atomic E-state index is 0.122. The van der Waals surface area contributed by atoms with Crippen LogP contribution in [-0.4, -0.2) is 57.5 Å². The number of para-hydroxylation sites is 2. The molecule has 0 spiro atoms. The molecule has 4 rings (SSSR count). The lowest BCUT2D eigenvalue weighted by molar-refractivity contribution is 0.0822. The molecular weight excluding hydrogens is 388 g/mol. The van der Waals surface area contributed by atoms with Gasteiger partial charge in [-0.1, -0.05) is 36.4 Å². The van der Waals surface area contributed by atoms with E-state index < -0.39 is 0 Å². The van der Waals surface area contributed by atoms with Gasteiger partial charge < -0.3 is 19.1 Å². The molecule has 2 unspecified atom stereocenters. The Hall–Kier alpha value is -2.50. The number of benzene rings is 2. The van der Waals surface area contributed by atoms with Crippen molar-refractivity contribution in [2.24, 2.45) is 0 Å². The Morgan fingerprint density at radius 1 is 1.16 bits per heavy atom. The van der Waals surface area contributed by atoms with Gasteiger partial charge >= 0.3 is 0 Å². The van der Waals surface area contributed by atoms with Gasteiger partial charge in [0.2, 0.25) is 0 Å². The van der Waals surface area contributed by atoms with Gasteiger partial charge in [-0.15, -0.1) is 0 Å². The number of methoxy groups -OCH3 is 1. The van der Waals surface area contributed by atoms with Crippen LogP contribution in [-0.2, 0) is 4.74 Å². The third-order valence-corrected chi connectivity index (χ3v) is 6.15. The molecule has 2 aromatic carbocycles. The van der Waals surface area contributed by atoms with Crippen LogP contribution in [0.2, 0.25) is 0 Å². The quantitative estimate of drug-likeness (QED) is 0.548. The summed E-state index contributed by atoms with van der Waals surface area (Å²) in [5.41, 5.74) is 3.41. The van der Waals surface area contributed by atoms with Crippen LogP contribution in [0.4, 0.5) is 5.69 Å². The molecule has 0 saturated carbocycles. The van der Waals surface area contributed by atoms with Crippen LogP contribution in [0.1, 0.15) is 31.4 Å². The topological polar surface area (TPSA) is 34.2 Å². The number of rotatable bonds is 9. The zero-order valence-corrected chi connectivity index (χ0v) is 18.8. The first-order valence-electron chi connectivity index (χ1n) is 11.2. The molecule has 2 aromatic rings. The maximum Gasteiger partial charge on any atom is 0.142 e. The maximum absolute atomic E-state index is 6.17. The van der Waals surface area contributed by atoms with Crippen LogP contribution < -0.4 is 14.4 Å². The summed E-state index contributed by atoms with van der Waals surface area (Å²) in [5, 5.41) is 0. The van der Waals surface area contributed by atoms with E-state index in [0.29, 0.717) is 25.9 Å². The van der Waals surface area contributed by atoms with Crippen molar-refractivity contribution >= 4 is 5.69 Å². The second-order valence-corrected chi connectivity index (χ2v) is 8.59. The van der Waals surface area contributed by atoms with Crippen LogP contribution in [0.25, 0.3) is 0 Å². The Bertz CT molecular complexity index is 878. The molecule has 2 heterocycles. The molecule has 0 radical (unpaired) electrons. The molecule has 0 aromatic heterocycles. The molecule has 2 atom stereocenters. The summed E-state index contributed by atoms with van der Waals surface area (Å²) in [6.45, 7) is 11.1. The van der Waals surface area contributed by atoms with E-state index in [2.05, 4.69) is 52.8 Å². The molecule has 5 heteroatoms. The van der Waals surface area contributed by atoms with Crippen molar-refractivity contribution in [1.29, 1.82) is 0 Å². The number of hydrogen-bond donors (Lipinski definition) is 0. The number of fused-ring (bicyclic) bond motifs is 1. The second-order valence-electron chi connectivity index (χ2n) is 8.59. The highest BCUT2D eigenvalue weighted by atomic mass is 16.5. The van der Waals surface area contributed by atoms with Crippen molar-refractivity contribution in [2.45, 2.75) is 31.8 Å². The Balaban J connectivity index is 1.62. The minimum Gasteiger partial charge on any atom is -0.497 e. The number of likely N-dealkylation sites (tertiary alicyclic amines) is 1. The predicted octanol–water partition coefficient (Wildman–Crippen LogP) is 4.69. The maximum atomic E-state index is 6.17. The van der Waals surface area contributed by atoms with E-state index in [1.54, 1.807) is 7.11 Å². The van der Waals surface area contributed by atoms with Gasteiger partial charge in [0.1, 0.15) is 18.1 Å². The average molecular weight is 423 g/mol. The van der Waals surface area contributed by atoms with E-state index in [1.165, 1.54) is 18.4 Å². The predicted molar refractivity (Wildman–Crippen MR) is 125 cm³/mol. The lowest BCUT2D eigenvalue weighted by Crippen LogP contribution is -2.49. The van der Waals surface area contributed by atoms with Crippen molar-refractivity contribution < 1.29 is 14.2 Å². The number of hydrogen-bond acceptors (Lipinski definition) is 5. The number of anilines is 1. The summed E-state index contributed by atoms with van der Waals surface area (Å²) in [7, 11) is 1.71. The van der Waals surface area contributed by atoms with Gasteiger partial charge in [-0.2, -0.15) is 0 Å². The fourth-order valence-corrected chi connectivity index (χ4v) is 4.57. The molecule has 31 heavy (non-hydrogen) atoms. The van der Waals surface area contributed by atoms with Crippen LogP contribution >= 0.6 is 0 Å². The minimum absolute atomic E-state index is 0.122. The first kappa shape index (κ1) is 21.7. The van der Waals surface area contributed by atoms with Gasteiger partial charge in [0.15, 0.2) is 0 Å². The SMILES string of the molecule is C=C(C)COCC(CN1c2ccccc2OCC1c1cccc(OC)c1)N1CCCC1. The van der Waals surface area contributed by atoms with Gasteiger partial charge in [0, 0.05) is 6.54 Å². The molecule has 0 aliphatic carbocycles. The summed E-state index contributed by atoms with van der Waals surface area (Å²) in [6.07, 6.45) is 2.52. The molecule has 1 saturated heterocycles. The summed E-state index contributed by atoms with van der Waals surface area (Å²) in [5.74, 6) is 1.82. The molecule has 0 bridgehead atoms. The van der Waals surface area contributed by atoms with Gasteiger partial charge in [-0.25, -0.2) is 0 Å². The Kier molecular flexibility index (Phi) is 7.15. The summed E-state index contributed by atoms with van der Waals surface area (Å²) >= 11 is 0. The zero-order valence-electron chi connectivity index (χ0n) is 18.8. The molecule has 2 aliphatic heterocycles. The van der Waals surface area contributed by atoms with E-state index in [-0.39, 0.29) is 6.04 Å². The van der Waals surface area contributed by atoms with E-state index in [9.17, 15) is 0 Å². The molecule has 1 fully saturated rings. The highest BCUT2D eigenvalue weighted by Gasteiger charge is 2.33. The largest absolute Gasteiger partial charge is 0.497 e. The molecule has 0 amide bonds. The first-order valence-corrected chi connectivity index (χ1v) is 11.2. The Morgan fingerprint density at radius 3 is 2.74 bits per heavy atom. The van der Waals surface area contributed by atoms with Crippen molar-refractivity contribution in [3.05, 3.63) is 66.2 Å². The van der Waals surface area contributed by atoms with Crippen molar-refractivity contribution in [2.75, 3.05) is 51.5 Å². The van der Waals surface area contributed by atoms with E-state index in [1.807, 2.05) is 19.1 Å². The zero-order chi connectivity index (χ0) is 21.6. The van der Waals surface area contributed by atoms with Gasteiger partial charge in [0.25, 0.3) is 0 Å². The number of nitrogens with zero attached hydrogens (tertiary/aromatic N) is 2. The Labute approximate surface area is 186 Å². The van der Waals surface area contributed by atoms with Gasteiger partial charge in [-0.05, 0) is 62.7 Å². The van der Waals surface area contributed by atoms with Crippen molar-refractivity contribution in [3.8, 4) is 11.5 Å². The monoisotopic (exact) mass is 422 g/mol. The molecule has 5 nitrogen and oxygen atoms in total. The molecular formula is C26H34N2O3. The highest BCUT2D eigenvalue weighted by Crippen LogP contribution is 2.40. The van der Waals surface area contributed by atoms with Crippen LogP contribution in [0.15, 0.2) is 60.7 Å².